The van der Waals surface area contributed by atoms with Crippen LogP contribution in [0.2, 0.25) is 0 Å². The van der Waals surface area contributed by atoms with Gasteiger partial charge in [-0.25, -0.2) is 4.79 Å². The first-order valence-electron chi connectivity index (χ1n) is 6.19. The van der Waals surface area contributed by atoms with Gasteiger partial charge in [-0.15, -0.1) is 0 Å². The van der Waals surface area contributed by atoms with E-state index in [-0.39, 0.29) is 6.61 Å². The Bertz CT molecular complexity index is 544. The molecule has 0 heterocycles. The highest BCUT2D eigenvalue weighted by Crippen LogP contribution is 2.14. The maximum atomic E-state index is 11.7. The van der Waals surface area contributed by atoms with Gasteiger partial charge < -0.3 is 4.74 Å². The molecule has 2 rings (SSSR count). The quantitative estimate of drug-likeness (QED) is 0.898. The first-order chi connectivity index (χ1) is 9.13. The van der Waals surface area contributed by atoms with Gasteiger partial charge in [-0.1, -0.05) is 36.4 Å². The van der Waals surface area contributed by atoms with Gasteiger partial charge >= 0.3 is 6.09 Å². The van der Waals surface area contributed by atoms with Gasteiger partial charge in [-0.2, -0.15) is 0 Å². The van der Waals surface area contributed by atoms with Crippen molar-refractivity contribution in [3.8, 4) is 0 Å². The topological polar surface area (TPSA) is 38.3 Å². The highest BCUT2D eigenvalue weighted by Gasteiger charge is 2.04. The number of rotatable bonds is 3. The van der Waals surface area contributed by atoms with E-state index in [0.29, 0.717) is 0 Å². The van der Waals surface area contributed by atoms with Crippen molar-refractivity contribution in [2.24, 2.45) is 0 Å². The highest BCUT2D eigenvalue weighted by molar-refractivity contribution is 5.84. The lowest BCUT2D eigenvalue weighted by Crippen LogP contribution is -2.13. The number of carbonyl (C=O) groups is 1. The zero-order valence-electron chi connectivity index (χ0n) is 11.1. The Hall–Kier alpha value is -2.29. The van der Waals surface area contributed by atoms with Crippen LogP contribution in [0.25, 0.3) is 0 Å². The van der Waals surface area contributed by atoms with E-state index >= 15 is 0 Å². The van der Waals surface area contributed by atoms with Gasteiger partial charge in [0.05, 0.1) is 0 Å². The Morgan fingerprint density at radius 1 is 1.05 bits per heavy atom. The second kappa shape index (κ2) is 6.05. The number of benzene rings is 2. The molecule has 3 heteroatoms. The molecule has 0 bridgehead atoms. The number of carbonyl (C=O) groups excluding carboxylic acids is 1. The molecule has 1 N–H and O–H groups in total. The average molecular weight is 255 g/mol. The number of hydrogen-bond acceptors (Lipinski definition) is 2. The molecule has 3 nitrogen and oxygen atoms in total. The third-order valence-electron chi connectivity index (χ3n) is 2.68. The number of amides is 1. The molecule has 0 spiro atoms. The van der Waals surface area contributed by atoms with Gasteiger partial charge in [0.15, 0.2) is 0 Å². The largest absolute Gasteiger partial charge is 0.444 e. The molecule has 1 amide bonds. The first kappa shape index (κ1) is 13.1. The Kier molecular flexibility index (Phi) is 4.18. The van der Waals surface area contributed by atoms with Gasteiger partial charge in [-0.05, 0) is 42.7 Å². The summed E-state index contributed by atoms with van der Waals surface area (Å²) in [7, 11) is 0. The van der Waals surface area contributed by atoms with Crippen molar-refractivity contribution < 1.29 is 9.53 Å². The zero-order valence-corrected chi connectivity index (χ0v) is 11.1. The molecule has 0 aliphatic rings. The van der Waals surface area contributed by atoms with Crippen LogP contribution in [0, 0.1) is 13.8 Å². The lowest BCUT2D eigenvalue weighted by Gasteiger charge is -2.08. The van der Waals surface area contributed by atoms with E-state index in [1.807, 2.05) is 56.3 Å². The van der Waals surface area contributed by atoms with Crippen molar-refractivity contribution in [2.45, 2.75) is 20.5 Å². The molecule has 0 atom stereocenters. The summed E-state index contributed by atoms with van der Waals surface area (Å²) in [6, 6.07) is 15.5. The molecule has 0 aliphatic heterocycles. The van der Waals surface area contributed by atoms with Crippen molar-refractivity contribution in [3.05, 3.63) is 65.2 Å². The summed E-state index contributed by atoms with van der Waals surface area (Å²) in [5, 5.41) is 2.73. The van der Waals surface area contributed by atoms with Crippen LogP contribution in [0.5, 0.6) is 0 Å². The summed E-state index contributed by atoms with van der Waals surface area (Å²) in [6.07, 6.45) is -0.436. The van der Waals surface area contributed by atoms with Crippen LogP contribution in [0.3, 0.4) is 0 Å². The fourth-order valence-electron chi connectivity index (χ4n) is 1.92. The number of hydrogen-bond donors (Lipinski definition) is 1. The van der Waals surface area contributed by atoms with Crippen molar-refractivity contribution in [3.63, 3.8) is 0 Å². The molecular weight excluding hydrogens is 238 g/mol. The highest BCUT2D eigenvalue weighted by atomic mass is 16.5. The molecule has 0 saturated carbocycles. The predicted octanol–water partition coefficient (Wildman–Crippen LogP) is 4.05. The fourth-order valence-corrected chi connectivity index (χ4v) is 1.92. The van der Waals surface area contributed by atoms with Crippen molar-refractivity contribution >= 4 is 11.8 Å². The minimum atomic E-state index is -0.436. The van der Waals surface area contributed by atoms with E-state index in [1.54, 1.807) is 0 Å². The summed E-state index contributed by atoms with van der Waals surface area (Å²) < 4.78 is 5.16. The summed E-state index contributed by atoms with van der Waals surface area (Å²) in [6.45, 7) is 4.26. The lowest BCUT2D eigenvalue weighted by atomic mass is 10.1. The van der Waals surface area contributed by atoms with Crippen LogP contribution in [0.15, 0.2) is 48.5 Å². The molecule has 0 radical (unpaired) electrons. The Morgan fingerprint density at radius 2 is 1.68 bits per heavy atom. The monoisotopic (exact) mass is 255 g/mol. The van der Waals surface area contributed by atoms with Gasteiger partial charge in [-0.3, -0.25) is 5.32 Å². The average Bonchev–Trinajstić information content (AvgIpc) is 2.36. The Labute approximate surface area is 113 Å². The Morgan fingerprint density at radius 3 is 2.32 bits per heavy atom. The third kappa shape index (κ3) is 4.14. The number of nitrogens with one attached hydrogen (secondary N) is 1. The molecule has 19 heavy (non-hydrogen) atoms. The molecule has 0 saturated heterocycles. The van der Waals surface area contributed by atoms with Crippen molar-refractivity contribution in [1.29, 1.82) is 0 Å². The van der Waals surface area contributed by atoms with Gasteiger partial charge in [0.2, 0.25) is 0 Å². The van der Waals surface area contributed by atoms with Gasteiger partial charge in [0.1, 0.15) is 6.61 Å². The second-order valence-electron chi connectivity index (χ2n) is 4.56. The molecule has 2 aromatic rings. The number of anilines is 1. The van der Waals surface area contributed by atoms with Crippen LogP contribution in [0.1, 0.15) is 16.7 Å². The van der Waals surface area contributed by atoms with E-state index in [4.69, 9.17) is 4.74 Å². The van der Waals surface area contributed by atoms with Crippen LogP contribution < -0.4 is 5.32 Å². The number of aryl methyl sites for hydroxylation is 2. The fraction of sp³-hybridized carbons (Fsp3) is 0.188. The first-order valence-corrected chi connectivity index (χ1v) is 6.19. The van der Waals surface area contributed by atoms with E-state index < -0.39 is 6.09 Å². The van der Waals surface area contributed by atoms with Crippen LogP contribution in [-0.4, -0.2) is 6.09 Å². The number of ether oxygens (including phenoxy) is 1. The maximum Gasteiger partial charge on any atom is 0.411 e. The Balaban J connectivity index is 1.91. The van der Waals surface area contributed by atoms with E-state index in [2.05, 4.69) is 11.4 Å². The van der Waals surface area contributed by atoms with Crippen LogP contribution in [0.4, 0.5) is 10.5 Å². The second-order valence-corrected chi connectivity index (χ2v) is 4.56. The van der Waals surface area contributed by atoms with E-state index in [1.165, 1.54) is 0 Å². The lowest BCUT2D eigenvalue weighted by molar-refractivity contribution is 0.155. The standard InChI is InChI=1S/C16H17NO2/c1-12-8-13(2)10-15(9-12)17-16(18)19-11-14-6-4-3-5-7-14/h3-10H,11H2,1-2H3,(H,17,18). The minimum absolute atomic E-state index is 0.275. The SMILES string of the molecule is Cc1cc(C)cc(NC(=O)OCc2ccccc2)c1. The van der Waals surface area contributed by atoms with Crippen molar-refractivity contribution in [1.82, 2.24) is 0 Å². The molecule has 0 aliphatic carbocycles. The normalized spacial score (nSPS) is 10.0. The van der Waals surface area contributed by atoms with Crippen molar-refractivity contribution in [2.75, 3.05) is 5.32 Å². The molecular formula is C16H17NO2. The van der Waals surface area contributed by atoms with Gasteiger partial charge in [0.25, 0.3) is 0 Å². The van der Waals surface area contributed by atoms with Crippen LogP contribution in [-0.2, 0) is 11.3 Å². The smallest absolute Gasteiger partial charge is 0.411 e. The van der Waals surface area contributed by atoms with Gasteiger partial charge in [0, 0.05) is 5.69 Å². The minimum Gasteiger partial charge on any atom is -0.444 e. The van der Waals surface area contributed by atoms with E-state index in [9.17, 15) is 4.79 Å². The summed E-state index contributed by atoms with van der Waals surface area (Å²) in [5.74, 6) is 0. The molecule has 0 fully saturated rings. The predicted molar refractivity (Wildman–Crippen MR) is 76.2 cm³/mol. The zero-order chi connectivity index (χ0) is 13.7. The third-order valence-corrected chi connectivity index (χ3v) is 2.68. The molecule has 98 valence electrons. The van der Waals surface area contributed by atoms with E-state index in [0.717, 1.165) is 22.4 Å². The molecule has 0 aromatic heterocycles. The molecule has 2 aromatic carbocycles. The molecule has 0 unspecified atom stereocenters. The summed E-state index contributed by atoms with van der Waals surface area (Å²) in [4.78, 5) is 11.7. The maximum absolute atomic E-state index is 11.7. The summed E-state index contributed by atoms with van der Waals surface area (Å²) in [5.41, 5.74) is 3.95. The summed E-state index contributed by atoms with van der Waals surface area (Å²) >= 11 is 0. The van der Waals surface area contributed by atoms with Crippen LogP contribution >= 0.6 is 0 Å².